The Hall–Kier alpha value is -1.20. The maximum Gasteiger partial charge on any atom is 0.235 e. The van der Waals surface area contributed by atoms with Gasteiger partial charge in [0.2, 0.25) is 11.8 Å². The van der Waals surface area contributed by atoms with Gasteiger partial charge in [0.15, 0.2) is 0 Å². The van der Waals surface area contributed by atoms with Gasteiger partial charge in [-0.2, -0.15) is 0 Å². The Morgan fingerprint density at radius 3 is 2.68 bits per heavy atom. The number of thioether (sulfide) groups is 1. The number of piperidine rings is 1. The van der Waals surface area contributed by atoms with Crippen molar-refractivity contribution in [3.8, 4) is 0 Å². The second-order valence-corrected chi connectivity index (χ2v) is 7.35. The molecule has 1 aromatic carbocycles. The van der Waals surface area contributed by atoms with Crippen LogP contribution in [0.25, 0.3) is 0 Å². The standard InChI is InChI=1S/C16H21ClN2O2S/c1-11(22-10-12-3-2-4-14(17)9-12)16(21)19-7-5-13(6-8-19)15(18)20/h2-4,9,11,13H,5-8,10H2,1H3,(H2,18,20)/t11-/m1/s1. The highest BCUT2D eigenvalue weighted by atomic mass is 35.5. The molecule has 0 bridgehead atoms. The number of carbonyl (C=O) groups excluding carboxylic acids is 2. The number of halogens is 1. The molecule has 1 atom stereocenters. The molecule has 1 aromatic rings. The lowest BCUT2D eigenvalue weighted by Crippen LogP contribution is -2.44. The molecule has 6 heteroatoms. The molecule has 4 nitrogen and oxygen atoms in total. The summed E-state index contributed by atoms with van der Waals surface area (Å²) in [6.45, 7) is 3.17. The van der Waals surface area contributed by atoms with Crippen LogP contribution in [0.1, 0.15) is 25.3 Å². The van der Waals surface area contributed by atoms with E-state index in [2.05, 4.69) is 0 Å². The van der Waals surface area contributed by atoms with Crippen molar-refractivity contribution in [1.29, 1.82) is 0 Å². The Balaban J connectivity index is 1.81. The summed E-state index contributed by atoms with van der Waals surface area (Å²) in [7, 11) is 0. The van der Waals surface area contributed by atoms with Crippen LogP contribution in [-0.2, 0) is 15.3 Å². The van der Waals surface area contributed by atoms with E-state index in [9.17, 15) is 9.59 Å². The van der Waals surface area contributed by atoms with E-state index < -0.39 is 0 Å². The summed E-state index contributed by atoms with van der Waals surface area (Å²) in [5.41, 5.74) is 6.43. The molecule has 2 rings (SSSR count). The number of rotatable bonds is 5. The fourth-order valence-corrected chi connectivity index (χ4v) is 3.69. The van der Waals surface area contributed by atoms with Crippen molar-refractivity contribution in [2.75, 3.05) is 13.1 Å². The lowest BCUT2D eigenvalue weighted by atomic mass is 9.96. The van der Waals surface area contributed by atoms with Gasteiger partial charge in [-0.1, -0.05) is 23.7 Å². The Bertz CT molecular complexity index is 545. The third kappa shape index (κ3) is 4.65. The van der Waals surface area contributed by atoms with Crippen LogP contribution in [0, 0.1) is 5.92 Å². The summed E-state index contributed by atoms with van der Waals surface area (Å²) in [5, 5.41) is 0.606. The third-order valence-corrected chi connectivity index (χ3v) is 5.38. The zero-order chi connectivity index (χ0) is 16.1. The summed E-state index contributed by atoms with van der Waals surface area (Å²) in [6.07, 6.45) is 1.35. The maximum atomic E-state index is 12.4. The molecule has 1 fully saturated rings. The number of hydrogen-bond acceptors (Lipinski definition) is 3. The number of nitrogens with two attached hydrogens (primary N) is 1. The van der Waals surface area contributed by atoms with E-state index >= 15 is 0 Å². The fourth-order valence-electron chi connectivity index (χ4n) is 2.56. The Morgan fingerprint density at radius 1 is 1.41 bits per heavy atom. The highest BCUT2D eigenvalue weighted by Gasteiger charge is 2.28. The lowest BCUT2D eigenvalue weighted by Gasteiger charge is -2.32. The Morgan fingerprint density at radius 2 is 2.09 bits per heavy atom. The van der Waals surface area contributed by atoms with E-state index in [-0.39, 0.29) is 23.0 Å². The summed E-state index contributed by atoms with van der Waals surface area (Å²) in [6, 6.07) is 7.69. The highest BCUT2D eigenvalue weighted by Crippen LogP contribution is 2.24. The molecule has 1 aliphatic rings. The van der Waals surface area contributed by atoms with Crippen molar-refractivity contribution in [2.45, 2.75) is 30.8 Å². The van der Waals surface area contributed by atoms with Crippen LogP contribution in [-0.4, -0.2) is 35.1 Å². The largest absolute Gasteiger partial charge is 0.369 e. The topological polar surface area (TPSA) is 63.4 Å². The first-order chi connectivity index (χ1) is 10.5. The molecule has 0 aromatic heterocycles. The van der Waals surface area contributed by atoms with Gasteiger partial charge < -0.3 is 10.6 Å². The maximum absolute atomic E-state index is 12.4. The van der Waals surface area contributed by atoms with Crippen LogP contribution in [0.3, 0.4) is 0 Å². The molecule has 0 saturated carbocycles. The predicted molar refractivity (Wildman–Crippen MR) is 90.7 cm³/mol. The van der Waals surface area contributed by atoms with Gasteiger partial charge in [0.1, 0.15) is 0 Å². The predicted octanol–water partition coefficient (Wildman–Crippen LogP) is 2.69. The zero-order valence-electron chi connectivity index (χ0n) is 12.6. The van der Waals surface area contributed by atoms with Gasteiger partial charge in [-0.15, -0.1) is 11.8 Å². The average molecular weight is 341 g/mol. The van der Waals surface area contributed by atoms with Gasteiger partial charge >= 0.3 is 0 Å². The van der Waals surface area contributed by atoms with E-state index in [0.717, 1.165) is 11.3 Å². The number of benzene rings is 1. The van der Waals surface area contributed by atoms with Gasteiger partial charge in [0.05, 0.1) is 5.25 Å². The summed E-state index contributed by atoms with van der Waals surface area (Å²) in [5.74, 6) is 0.550. The van der Waals surface area contributed by atoms with Crippen LogP contribution in [0.2, 0.25) is 5.02 Å². The Kier molecular flexibility index (Phi) is 6.15. The molecule has 0 aliphatic carbocycles. The van der Waals surface area contributed by atoms with E-state index in [1.165, 1.54) is 0 Å². The van der Waals surface area contributed by atoms with Crippen LogP contribution in [0.15, 0.2) is 24.3 Å². The number of carbonyl (C=O) groups is 2. The monoisotopic (exact) mass is 340 g/mol. The second kappa shape index (κ2) is 7.88. The average Bonchev–Trinajstić information content (AvgIpc) is 2.52. The first-order valence-corrected chi connectivity index (χ1v) is 8.84. The Labute approximate surface area is 140 Å². The second-order valence-electron chi connectivity index (χ2n) is 5.59. The molecule has 0 unspecified atom stereocenters. The van der Waals surface area contributed by atoms with Crippen LogP contribution in [0.5, 0.6) is 0 Å². The molecule has 1 aliphatic heterocycles. The molecule has 2 N–H and O–H groups in total. The van der Waals surface area contributed by atoms with Gasteiger partial charge in [-0.05, 0) is 37.5 Å². The summed E-state index contributed by atoms with van der Waals surface area (Å²) in [4.78, 5) is 25.4. The van der Waals surface area contributed by atoms with E-state index in [1.807, 2.05) is 36.1 Å². The normalized spacial score (nSPS) is 17.3. The molecule has 22 heavy (non-hydrogen) atoms. The SMILES string of the molecule is C[C@@H](SCc1cccc(Cl)c1)C(=O)N1CCC(C(N)=O)CC1. The van der Waals surface area contributed by atoms with Crippen molar-refractivity contribution < 1.29 is 9.59 Å². The lowest BCUT2D eigenvalue weighted by molar-refractivity contribution is -0.134. The van der Waals surface area contributed by atoms with Crippen molar-refractivity contribution in [2.24, 2.45) is 11.7 Å². The van der Waals surface area contributed by atoms with E-state index in [1.54, 1.807) is 11.8 Å². The molecule has 1 heterocycles. The van der Waals surface area contributed by atoms with Gasteiger partial charge in [-0.25, -0.2) is 0 Å². The quantitative estimate of drug-likeness (QED) is 0.896. The zero-order valence-corrected chi connectivity index (χ0v) is 14.2. The molecule has 2 amide bonds. The van der Waals surface area contributed by atoms with Crippen LogP contribution < -0.4 is 5.73 Å². The van der Waals surface area contributed by atoms with Crippen molar-refractivity contribution in [3.63, 3.8) is 0 Å². The van der Waals surface area contributed by atoms with Crippen LogP contribution in [0.4, 0.5) is 0 Å². The summed E-state index contributed by atoms with van der Waals surface area (Å²) >= 11 is 7.57. The number of likely N-dealkylation sites (tertiary alicyclic amines) is 1. The van der Waals surface area contributed by atoms with Gasteiger partial charge in [0.25, 0.3) is 0 Å². The minimum absolute atomic E-state index is 0.0848. The van der Waals surface area contributed by atoms with Crippen LogP contribution >= 0.6 is 23.4 Å². The first kappa shape index (κ1) is 17.2. The molecule has 0 radical (unpaired) electrons. The smallest absolute Gasteiger partial charge is 0.235 e. The highest BCUT2D eigenvalue weighted by molar-refractivity contribution is 7.99. The van der Waals surface area contributed by atoms with E-state index in [4.69, 9.17) is 17.3 Å². The fraction of sp³-hybridized carbons (Fsp3) is 0.500. The number of nitrogens with zero attached hydrogens (tertiary/aromatic N) is 1. The van der Waals surface area contributed by atoms with E-state index in [0.29, 0.717) is 31.0 Å². The minimum Gasteiger partial charge on any atom is -0.369 e. The number of amides is 2. The number of hydrogen-bond donors (Lipinski definition) is 1. The molecule has 1 saturated heterocycles. The van der Waals surface area contributed by atoms with Gasteiger partial charge in [-0.3, -0.25) is 9.59 Å². The van der Waals surface area contributed by atoms with Gasteiger partial charge in [0, 0.05) is 29.8 Å². The first-order valence-electron chi connectivity index (χ1n) is 7.41. The van der Waals surface area contributed by atoms with Crippen molar-refractivity contribution in [3.05, 3.63) is 34.9 Å². The third-order valence-electron chi connectivity index (χ3n) is 3.95. The molecular formula is C16H21ClN2O2S. The van der Waals surface area contributed by atoms with Crippen molar-refractivity contribution in [1.82, 2.24) is 4.90 Å². The minimum atomic E-state index is -0.254. The molecule has 120 valence electrons. The summed E-state index contributed by atoms with van der Waals surface area (Å²) < 4.78 is 0. The molecule has 0 spiro atoms. The molecular weight excluding hydrogens is 320 g/mol. The van der Waals surface area contributed by atoms with Crippen molar-refractivity contribution >= 4 is 35.2 Å². The number of primary amides is 1.